The molecule has 0 amide bonds. The molecule has 3 aliphatic rings. The van der Waals surface area contributed by atoms with Crippen LogP contribution in [0.4, 0.5) is 5.69 Å². The number of aliphatic hydroxyl groups excluding tert-OH is 1. The molecule has 2 aromatic carbocycles. The van der Waals surface area contributed by atoms with E-state index in [4.69, 9.17) is 9.47 Å². The van der Waals surface area contributed by atoms with Crippen molar-refractivity contribution >= 4 is 16.6 Å². The number of nitro groups is 1. The van der Waals surface area contributed by atoms with E-state index in [-0.39, 0.29) is 16.7 Å². The molecule has 0 radical (unpaired) electrons. The number of hydrogen-bond donors (Lipinski definition) is 1. The minimum atomic E-state index is -0.731. The van der Waals surface area contributed by atoms with E-state index in [2.05, 4.69) is 11.6 Å². The Balaban J connectivity index is 1.60. The molecule has 6 rings (SSSR count). The maximum Gasteiger partial charge on any atom is 0.282 e. The fourth-order valence-corrected chi connectivity index (χ4v) is 6.51. The molecule has 8 nitrogen and oxygen atoms in total. The molecule has 0 aliphatic carbocycles. The summed E-state index contributed by atoms with van der Waals surface area (Å²) in [5.74, 6) is 1.53. The third-order valence-corrected chi connectivity index (χ3v) is 8.31. The van der Waals surface area contributed by atoms with Crippen molar-refractivity contribution in [1.82, 2.24) is 4.98 Å². The number of aliphatic hydroxyl groups is 1. The monoisotopic (exact) mass is 490 g/mol. The van der Waals surface area contributed by atoms with Crippen molar-refractivity contribution in [3.63, 3.8) is 0 Å². The van der Waals surface area contributed by atoms with Crippen LogP contribution >= 0.6 is 0 Å². The summed E-state index contributed by atoms with van der Waals surface area (Å²) in [7, 11) is 3.00. The molecule has 5 atom stereocenters. The van der Waals surface area contributed by atoms with Crippen LogP contribution in [0.15, 0.2) is 61.3 Å². The Morgan fingerprint density at radius 1 is 1.25 bits per heavy atom. The summed E-state index contributed by atoms with van der Waals surface area (Å²) in [4.78, 5) is 16.2. The predicted octanol–water partition coefficient (Wildman–Crippen LogP) is 4.81. The Morgan fingerprint density at radius 3 is 2.72 bits per heavy atom. The number of benzene rings is 2. The highest BCUT2D eigenvalue weighted by Gasteiger charge is 2.54. The van der Waals surface area contributed by atoms with Gasteiger partial charge in [0.2, 0.25) is 0 Å². The Morgan fingerprint density at radius 2 is 2.00 bits per heavy atom. The van der Waals surface area contributed by atoms with Crippen LogP contribution < -0.4 is 9.47 Å². The number of quaternary nitrogens is 1. The maximum absolute atomic E-state index is 12.1. The van der Waals surface area contributed by atoms with Crippen LogP contribution in [0.2, 0.25) is 0 Å². The molecule has 1 unspecified atom stereocenters. The predicted molar refractivity (Wildman–Crippen MR) is 137 cm³/mol. The molecule has 4 heterocycles. The maximum atomic E-state index is 12.1. The number of ether oxygens (including phenoxy) is 2. The van der Waals surface area contributed by atoms with E-state index in [0.717, 1.165) is 42.4 Å². The zero-order valence-electron chi connectivity index (χ0n) is 20.7. The van der Waals surface area contributed by atoms with Crippen LogP contribution in [0.1, 0.15) is 30.1 Å². The van der Waals surface area contributed by atoms with E-state index in [0.29, 0.717) is 39.9 Å². The van der Waals surface area contributed by atoms with Gasteiger partial charge in [-0.2, -0.15) is 0 Å². The molecule has 3 fully saturated rings. The summed E-state index contributed by atoms with van der Waals surface area (Å²) in [6, 6.07) is 12.8. The molecule has 1 aromatic heterocycles. The highest BCUT2D eigenvalue weighted by atomic mass is 16.6. The molecule has 1 N–H and O–H groups in total. The number of nitrogens with zero attached hydrogens (tertiary/aromatic N) is 3. The SMILES string of the molecule is C=C[C@H]1C[N+]2(Cc3cc(OC)c(OC)cc3[N+](=O)[O-])CC[C@H]1C[C@H]2[C@H](O)c1ccnc2ccccc12. The molecule has 2 bridgehead atoms. The van der Waals surface area contributed by atoms with Gasteiger partial charge < -0.3 is 19.1 Å². The van der Waals surface area contributed by atoms with Crippen molar-refractivity contribution in [1.29, 1.82) is 0 Å². The molecule has 0 spiro atoms. The topological polar surface area (TPSA) is 94.7 Å². The number of pyridine rings is 1. The van der Waals surface area contributed by atoms with Gasteiger partial charge in [-0.05, 0) is 29.7 Å². The fraction of sp³-hybridized carbons (Fsp3) is 0.393. The molecule has 3 aromatic rings. The lowest BCUT2D eigenvalue weighted by atomic mass is 9.71. The minimum Gasteiger partial charge on any atom is -0.493 e. The fourth-order valence-electron chi connectivity index (χ4n) is 6.51. The van der Waals surface area contributed by atoms with Crippen LogP contribution in [0.3, 0.4) is 0 Å². The summed E-state index contributed by atoms with van der Waals surface area (Å²) in [5.41, 5.74) is 2.28. The van der Waals surface area contributed by atoms with E-state index in [1.165, 1.54) is 20.3 Å². The van der Waals surface area contributed by atoms with Crippen LogP contribution in [-0.2, 0) is 6.54 Å². The van der Waals surface area contributed by atoms with E-state index >= 15 is 0 Å². The molecule has 3 aliphatic heterocycles. The summed E-state index contributed by atoms with van der Waals surface area (Å²) in [5, 5.41) is 24.9. The van der Waals surface area contributed by atoms with Crippen LogP contribution in [0, 0.1) is 22.0 Å². The van der Waals surface area contributed by atoms with E-state index < -0.39 is 6.10 Å². The van der Waals surface area contributed by atoms with Crippen molar-refractivity contribution in [2.45, 2.75) is 31.5 Å². The van der Waals surface area contributed by atoms with Gasteiger partial charge in [0.15, 0.2) is 11.5 Å². The largest absolute Gasteiger partial charge is 0.493 e. The molecular formula is C28H32N3O5+. The van der Waals surface area contributed by atoms with Crippen molar-refractivity contribution < 1.29 is 24.0 Å². The van der Waals surface area contributed by atoms with Gasteiger partial charge in [0.05, 0.1) is 49.4 Å². The zero-order valence-corrected chi connectivity index (χ0v) is 20.7. The zero-order chi connectivity index (χ0) is 25.4. The van der Waals surface area contributed by atoms with Crippen LogP contribution in [0.5, 0.6) is 11.5 Å². The highest BCUT2D eigenvalue weighted by Crippen LogP contribution is 2.49. The number of methoxy groups -OCH3 is 2. The van der Waals surface area contributed by atoms with Gasteiger partial charge in [0.1, 0.15) is 18.7 Å². The lowest BCUT2D eigenvalue weighted by Crippen LogP contribution is -2.67. The lowest BCUT2D eigenvalue weighted by molar-refractivity contribution is -0.985. The minimum absolute atomic E-state index is 0.00519. The van der Waals surface area contributed by atoms with Gasteiger partial charge in [-0.25, -0.2) is 0 Å². The summed E-state index contributed by atoms with van der Waals surface area (Å²) < 4.78 is 11.4. The van der Waals surface area contributed by atoms with E-state index in [1.54, 1.807) is 12.3 Å². The summed E-state index contributed by atoms with van der Waals surface area (Å²) >= 11 is 0. The second-order valence-electron chi connectivity index (χ2n) is 9.99. The van der Waals surface area contributed by atoms with Gasteiger partial charge in [0, 0.05) is 30.3 Å². The molecule has 0 saturated carbocycles. The first-order chi connectivity index (χ1) is 17.4. The first-order valence-electron chi connectivity index (χ1n) is 12.3. The van der Waals surface area contributed by atoms with Gasteiger partial charge >= 0.3 is 0 Å². The number of hydrogen-bond acceptors (Lipinski definition) is 6. The Kier molecular flexibility index (Phi) is 6.40. The number of rotatable bonds is 8. The van der Waals surface area contributed by atoms with Crippen LogP contribution in [-0.4, -0.2) is 52.8 Å². The second kappa shape index (κ2) is 9.52. The average Bonchev–Trinajstić information content (AvgIpc) is 2.91. The van der Waals surface area contributed by atoms with Crippen molar-refractivity contribution in [3.05, 3.63) is 82.6 Å². The van der Waals surface area contributed by atoms with Gasteiger partial charge in [0.25, 0.3) is 5.69 Å². The number of para-hydroxylation sites is 1. The quantitative estimate of drug-likeness (QED) is 0.211. The smallest absolute Gasteiger partial charge is 0.282 e. The molecule has 188 valence electrons. The first kappa shape index (κ1) is 24.2. The lowest BCUT2D eigenvalue weighted by Gasteiger charge is -2.58. The van der Waals surface area contributed by atoms with Crippen molar-refractivity contribution in [2.24, 2.45) is 11.8 Å². The standard InChI is InChI=1S/C28H32N3O5/c1-4-18-16-31(17-20-14-26(35-2)27(36-3)15-24(20)30(33)34)12-10-19(18)13-25(31)28(32)22-9-11-29-23-8-6-5-7-21(22)23/h4-9,11,14-15,18-19,25,28,32H,1,10,12-13,16-17H2,2-3H3/q+1/t18-,19-,25-,28+,31?/m0/s1. The number of aromatic nitrogens is 1. The Hall–Kier alpha value is -3.49. The molecule has 8 heteroatoms. The Labute approximate surface area is 210 Å². The van der Waals surface area contributed by atoms with E-state index in [1.807, 2.05) is 36.4 Å². The second-order valence-corrected chi connectivity index (χ2v) is 9.99. The third kappa shape index (κ3) is 4.00. The first-order valence-corrected chi connectivity index (χ1v) is 12.3. The average molecular weight is 491 g/mol. The molecular weight excluding hydrogens is 458 g/mol. The van der Waals surface area contributed by atoms with Gasteiger partial charge in [-0.1, -0.05) is 24.3 Å². The van der Waals surface area contributed by atoms with Gasteiger partial charge in [-0.15, -0.1) is 6.58 Å². The number of fused-ring (bicyclic) bond motifs is 4. The van der Waals surface area contributed by atoms with Crippen molar-refractivity contribution in [3.8, 4) is 11.5 Å². The van der Waals surface area contributed by atoms with Crippen LogP contribution in [0.25, 0.3) is 10.9 Å². The molecule has 36 heavy (non-hydrogen) atoms. The number of nitro benzene ring substituents is 1. The molecule has 3 saturated heterocycles. The van der Waals surface area contributed by atoms with Gasteiger partial charge in [-0.3, -0.25) is 15.1 Å². The normalized spacial score (nSPS) is 25.9. The number of piperidine rings is 3. The highest BCUT2D eigenvalue weighted by molar-refractivity contribution is 5.82. The van der Waals surface area contributed by atoms with Crippen molar-refractivity contribution in [2.75, 3.05) is 27.3 Å². The summed E-state index contributed by atoms with van der Waals surface area (Å²) in [6.45, 7) is 6.12. The Bertz CT molecular complexity index is 1310. The van der Waals surface area contributed by atoms with E-state index in [9.17, 15) is 15.2 Å². The third-order valence-electron chi connectivity index (χ3n) is 8.31. The summed E-state index contributed by atoms with van der Waals surface area (Å²) in [6.07, 6.45) is 4.86.